The number of pyridine rings is 1. The number of methoxy groups -OCH3 is 1. The Morgan fingerprint density at radius 3 is 3.06 bits per heavy atom. The summed E-state index contributed by atoms with van der Waals surface area (Å²) in [4.78, 5) is 19.8. The Labute approximate surface area is 104 Å². The minimum atomic E-state index is -0.212. The second kappa shape index (κ2) is 5.26. The zero-order valence-corrected chi connectivity index (χ0v) is 10.1. The van der Waals surface area contributed by atoms with Crippen molar-refractivity contribution < 1.29 is 9.53 Å². The van der Waals surface area contributed by atoms with E-state index in [4.69, 9.17) is 4.74 Å². The molecule has 2 aromatic heterocycles. The summed E-state index contributed by atoms with van der Waals surface area (Å²) < 4.78 is 4.80. The molecule has 0 radical (unpaired) electrons. The highest BCUT2D eigenvalue weighted by molar-refractivity contribution is 5.90. The largest absolute Gasteiger partial charge is 0.466 e. The molecule has 2 rings (SSSR count). The second-order valence-electron chi connectivity index (χ2n) is 3.66. The number of ether oxygens (including phenoxy) is 1. The maximum atomic E-state index is 11.8. The molecule has 0 atom stereocenters. The van der Waals surface area contributed by atoms with Gasteiger partial charge in [-0.2, -0.15) is 4.98 Å². The van der Waals surface area contributed by atoms with Gasteiger partial charge in [-0.3, -0.25) is 15.1 Å². The van der Waals surface area contributed by atoms with Crippen molar-refractivity contribution in [3.63, 3.8) is 0 Å². The van der Waals surface area contributed by atoms with E-state index in [-0.39, 0.29) is 24.3 Å². The molecule has 2 heterocycles. The smallest absolute Gasteiger partial charge is 0.336 e. The van der Waals surface area contributed by atoms with Crippen LogP contribution in [-0.4, -0.2) is 33.2 Å². The number of aromatic amines is 1. The summed E-state index contributed by atoms with van der Waals surface area (Å²) in [7, 11) is 1.45. The fraction of sp³-hybridized carbons (Fsp3) is 0.273. The fourth-order valence-electron chi connectivity index (χ4n) is 1.43. The summed E-state index contributed by atoms with van der Waals surface area (Å²) in [6.45, 7) is 1.91. The van der Waals surface area contributed by atoms with E-state index in [1.165, 1.54) is 7.11 Å². The average molecular weight is 247 g/mol. The number of nitrogens with one attached hydrogen (secondary N) is 2. The molecule has 0 saturated carbocycles. The molecule has 0 aromatic carbocycles. The van der Waals surface area contributed by atoms with Crippen LogP contribution in [0.3, 0.4) is 0 Å². The van der Waals surface area contributed by atoms with Crippen LogP contribution in [0.5, 0.6) is 6.01 Å². The molecule has 2 N–H and O–H groups in total. The normalized spacial score (nSPS) is 10.1. The zero-order chi connectivity index (χ0) is 13.0. The van der Waals surface area contributed by atoms with Gasteiger partial charge in [-0.25, -0.2) is 5.10 Å². The number of aromatic nitrogens is 4. The Kier molecular flexibility index (Phi) is 3.52. The minimum Gasteiger partial charge on any atom is -0.466 e. The number of carbonyl (C=O) groups excluding carboxylic acids is 1. The lowest BCUT2D eigenvalue weighted by molar-refractivity contribution is -0.115. The Bertz CT molecular complexity index is 552. The number of nitrogens with zero attached hydrogens (tertiary/aromatic N) is 3. The van der Waals surface area contributed by atoms with Crippen LogP contribution in [0.2, 0.25) is 0 Å². The molecular formula is C11H13N5O2. The van der Waals surface area contributed by atoms with Crippen molar-refractivity contribution in [3.05, 3.63) is 29.6 Å². The van der Waals surface area contributed by atoms with Crippen LogP contribution in [0.1, 0.15) is 11.3 Å². The average Bonchev–Trinajstić information content (AvgIpc) is 2.80. The van der Waals surface area contributed by atoms with Gasteiger partial charge < -0.3 is 4.74 Å². The van der Waals surface area contributed by atoms with Crippen molar-refractivity contribution >= 4 is 11.9 Å². The second-order valence-corrected chi connectivity index (χ2v) is 3.66. The van der Waals surface area contributed by atoms with E-state index in [2.05, 4.69) is 25.5 Å². The summed E-state index contributed by atoms with van der Waals surface area (Å²) in [6.07, 6.45) is 1.85. The number of hydrogen-bond donors (Lipinski definition) is 2. The SMILES string of the molecule is COc1n[nH]c(NC(=O)Cc2ncccc2C)n1. The van der Waals surface area contributed by atoms with Gasteiger partial charge in [0.1, 0.15) is 0 Å². The Morgan fingerprint density at radius 1 is 1.56 bits per heavy atom. The molecule has 0 aliphatic heterocycles. The van der Waals surface area contributed by atoms with Crippen LogP contribution in [0.15, 0.2) is 18.3 Å². The minimum absolute atomic E-state index is 0.180. The molecule has 7 nitrogen and oxygen atoms in total. The van der Waals surface area contributed by atoms with E-state index in [1.54, 1.807) is 6.20 Å². The van der Waals surface area contributed by atoms with Crippen molar-refractivity contribution in [2.24, 2.45) is 0 Å². The van der Waals surface area contributed by atoms with E-state index in [9.17, 15) is 4.79 Å². The van der Waals surface area contributed by atoms with Crippen molar-refractivity contribution in [1.29, 1.82) is 0 Å². The number of aryl methyl sites for hydroxylation is 1. The summed E-state index contributed by atoms with van der Waals surface area (Å²) in [5.74, 6) is 0.0426. The molecule has 0 aliphatic rings. The van der Waals surface area contributed by atoms with Gasteiger partial charge in [0.05, 0.1) is 19.2 Å². The van der Waals surface area contributed by atoms with E-state index in [0.29, 0.717) is 0 Å². The van der Waals surface area contributed by atoms with Crippen LogP contribution in [0.25, 0.3) is 0 Å². The topological polar surface area (TPSA) is 92.8 Å². The molecule has 0 unspecified atom stereocenters. The molecule has 0 saturated heterocycles. The quantitative estimate of drug-likeness (QED) is 0.829. The van der Waals surface area contributed by atoms with Crippen LogP contribution >= 0.6 is 0 Å². The molecule has 7 heteroatoms. The molecule has 0 aliphatic carbocycles. The molecule has 0 bridgehead atoms. The highest BCUT2D eigenvalue weighted by Gasteiger charge is 2.10. The van der Waals surface area contributed by atoms with Gasteiger partial charge in [0.25, 0.3) is 0 Å². The van der Waals surface area contributed by atoms with E-state index >= 15 is 0 Å². The summed E-state index contributed by atoms with van der Waals surface area (Å²) in [5.41, 5.74) is 1.71. The molecule has 1 amide bonds. The van der Waals surface area contributed by atoms with Crippen molar-refractivity contribution in [2.45, 2.75) is 13.3 Å². The van der Waals surface area contributed by atoms with Crippen LogP contribution in [0, 0.1) is 6.92 Å². The number of amides is 1. The van der Waals surface area contributed by atoms with Gasteiger partial charge in [0, 0.05) is 6.20 Å². The van der Waals surface area contributed by atoms with Gasteiger partial charge in [0.15, 0.2) is 0 Å². The lowest BCUT2D eigenvalue weighted by Gasteiger charge is -2.03. The third-order valence-corrected chi connectivity index (χ3v) is 2.35. The number of carbonyl (C=O) groups is 1. The first-order valence-corrected chi connectivity index (χ1v) is 5.36. The van der Waals surface area contributed by atoms with Crippen molar-refractivity contribution in [2.75, 3.05) is 12.4 Å². The molecule has 2 aromatic rings. The van der Waals surface area contributed by atoms with Crippen LogP contribution < -0.4 is 10.1 Å². The van der Waals surface area contributed by atoms with Crippen molar-refractivity contribution in [3.8, 4) is 6.01 Å². The first kappa shape index (κ1) is 12.0. The zero-order valence-electron chi connectivity index (χ0n) is 10.1. The first-order chi connectivity index (χ1) is 8.69. The Balaban J connectivity index is 1.99. The standard InChI is InChI=1S/C11H13N5O2/c1-7-4-3-5-12-8(7)6-9(17)13-10-14-11(18-2)16-15-10/h3-5H,6H2,1-2H3,(H2,13,14,15,16,17). The summed E-state index contributed by atoms with van der Waals surface area (Å²) in [5, 5.41) is 8.86. The van der Waals surface area contributed by atoms with Gasteiger partial charge in [0.2, 0.25) is 11.9 Å². The van der Waals surface area contributed by atoms with E-state index in [0.717, 1.165) is 11.3 Å². The number of rotatable bonds is 4. The predicted octanol–water partition coefficient (Wildman–Crippen LogP) is 0.698. The highest BCUT2D eigenvalue weighted by Crippen LogP contribution is 2.07. The van der Waals surface area contributed by atoms with Crippen LogP contribution in [0.4, 0.5) is 5.95 Å². The summed E-state index contributed by atoms with van der Waals surface area (Å²) in [6, 6.07) is 3.92. The third kappa shape index (κ3) is 2.82. The van der Waals surface area contributed by atoms with E-state index in [1.807, 2.05) is 19.1 Å². The maximum absolute atomic E-state index is 11.8. The Hall–Kier alpha value is -2.44. The Morgan fingerprint density at radius 2 is 2.39 bits per heavy atom. The van der Waals surface area contributed by atoms with Gasteiger partial charge in [-0.1, -0.05) is 6.07 Å². The number of hydrogen-bond acceptors (Lipinski definition) is 5. The highest BCUT2D eigenvalue weighted by atomic mass is 16.5. The van der Waals surface area contributed by atoms with Crippen molar-refractivity contribution in [1.82, 2.24) is 20.2 Å². The number of anilines is 1. The number of H-pyrrole nitrogens is 1. The molecular weight excluding hydrogens is 234 g/mol. The fourth-order valence-corrected chi connectivity index (χ4v) is 1.43. The van der Waals surface area contributed by atoms with Gasteiger partial charge in [-0.15, -0.1) is 5.10 Å². The summed E-state index contributed by atoms with van der Waals surface area (Å²) >= 11 is 0. The molecule has 0 spiro atoms. The van der Waals surface area contributed by atoms with E-state index < -0.39 is 0 Å². The van der Waals surface area contributed by atoms with Crippen LogP contribution in [-0.2, 0) is 11.2 Å². The monoisotopic (exact) mass is 247 g/mol. The third-order valence-electron chi connectivity index (χ3n) is 2.35. The lowest BCUT2D eigenvalue weighted by atomic mass is 10.1. The predicted molar refractivity (Wildman–Crippen MR) is 64.2 cm³/mol. The lowest BCUT2D eigenvalue weighted by Crippen LogP contribution is -2.16. The first-order valence-electron chi connectivity index (χ1n) is 5.36. The maximum Gasteiger partial charge on any atom is 0.336 e. The van der Waals surface area contributed by atoms with Gasteiger partial charge in [-0.05, 0) is 18.6 Å². The van der Waals surface area contributed by atoms with Gasteiger partial charge >= 0.3 is 6.01 Å². The molecule has 94 valence electrons. The molecule has 18 heavy (non-hydrogen) atoms. The molecule has 0 fully saturated rings.